The minimum atomic E-state index is 0.817. The van der Waals surface area contributed by atoms with Crippen molar-refractivity contribution in [3.63, 3.8) is 0 Å². The molecule has 21 heavy (non-hydrogen) atoms. The number of halogens is 1. The first-order chi connectivity index (χ1) is 10.3. The van der Waals surface area contributed by atoms with Crippen LogP contribution in [-0.4, -0.2) is 56.2 Å². The number of ether oxygens (including phenoxy) is 1. The molecule has 0 aliphatic carbocycles. The third-order valence-electron chi connectivity index (χ3n) is 4.06. The second kappa shape index (κ2) is 9.44. The van der Waals surface area contributed by atoms with Gasteiger partial charge < -0.3 is 14.5 Å². The lowest BCUT2D eigenvalue weighted by Gasteiger charge is -2.32. The Morgan fingerprint density at radius 3 is 2.48 bits per heavy atom. The maximum Gasteiger partial charge on any atom is 0.133 e. The van der Waals surface area contributed by atoms with Gasteiger partial charge in [-0.3, -0.25) is 0 Å². The number of unbranched alkanes of at least 4 members (excludes halogenated alkanes) is 3. The number of hydrogen-bond acceptors (Lipinski definition) is 3. The van der Waals surface area contributed by atoms with E-state index < -0.39 is 0 Å². The summed E-state index contributed by atoms with van der Waals surface area (Å²) in [6.45, 7) is 7.00. The Hall–Kier alpha value is -0.580. The van der Waals surface area contributed by atoms with Crippen LogP contribution in [0.5, 0.6) is 5.75 Å². The molecular formula is C17H27BrN2O. The van der Waals surface area contributed by atoms with Crippen LogP contribution < -0.4 is 4.74 Å². The zero-order valence-corrected chi connectivity index (χ0v) is 14.6. The summed E-state index contributed by atoms with van der Waals surface area (Å²) in [6, 6.07) is 8.05. The summed E-state index contributed by atoms with van der Waals surface area (Å²) in [7, 11) is 2.21. The van der Waals surface area contributed by atoms with Crippen LogP contribution in [0.25, 0.3) is 0 Å². The average Bonchev–Trinajstić information content (AvgIpc) is 2.50. The van der Waals surface area contributed by atoms with Gasteiger partial charge in [-0.1, -0.05) is 25.0 Å². The standard InChI is InChI=1S/C17H27BrN2O/c1-19-11-13-20(14-12-19)10-6-2-3-7-15-21-17-9-5-4-8-16(17)18/h4-5,8-9H,2-3,6-7,10-15H2,1H3. The molecule has 0 bridgehead atoms. The molecule has 1 aromatic rings. The van der Waals surface area contributed by atoms with Crippen molar-refractivity contribution in [2.75, 3.05) is 46.4 Å². The predicted molar refractivity (Wildman–Crippen MR) is 92.0 cm³/mol. The highest BCUT2D eigenvalue weighted by Gasteiger charge is 2.12. The molecule has 0 unspecified atom stereocenters. The molecule has 1 saturated heterocycles. The molecule has 0 amide bonds. The van der Waals surface area contributed by atoms with Crippen molar-refractivity contribution >= 4 is 15.9 Å². The van der Waals surface area contributed by atoms with Crippen molar-refractivity contribution < 1.29 is 4.74 Å². The Bertz CT molecular complexity index is 406. The van der Waals surface area contributed by atoms with Crippen LogP contribution in [0.1, 0.15) is 25.7 Å². The van der Waals surface area contributed by atoms with E-state index in [0.29, 0.717) is 0 Å². The van der Waals surface area contributed by atoms with Gasteiger partial charge in [-0.15, -0.1) is 0 Å². The van der Waals surface area contributed by atoms with E-state index in [1.165, 1.54) is 52.0 Å². The van der Waals surface area contributed by atoms with Crippen LogP contribution in [-0.2, 0) is 0 Å². The lowest BCUT2D eigenvalue weighted by atomic mass is 10.2. The minimum Gasteiger partial charge on any atom is -0.492 e. The van der Waals surface area contributed by atoms with Crippen LogP contribution in [0.3, 0.4) is 0 Å². The number of piperazine rings is 1. The van der Waals surface area contributed by atoms with Gasteiger partial charge in [-0.2, -0.15) is 0 Å². The van der Waals surface area contributed by atoms with Crippen LogP contribution in [0.2, 0.25) is 0 Å². The molecule has 4 heteroatoms. The summed E-state index contributed by atoms with van der Waals surface area (Å²) < 4.78 is 6.82. The molecule has 0 saturated carbocycles. The molecule has 1 aliphatic rings. The molecule has 1 heterocycles. The third-order valence-corrected chi connectivity index (χ3v) is 4.71. The number of benzene rings is 1. The summed E-state index contributed by atoms with van der Waals surface area (Å²) in [5.41, 5.74) is 0. The van der Waals surface area contributed by atoms with E-state index in [1.807, 2.05) is 24.3 Å². The van der Waals surface area contributed by atoms with E-state index in [9.17, 15) is 0 Å². The Balaban J connectivity index is 1.46. The second-order valence-electron chi connectivity index (χ2n) is 5.84. The number of likely N-dealkylation sites (N-methyl/N-ethyl adjacent to an activating group) is 1. The van der Waals surface area contributed by atoms with E-state index in [0.717, 1.165) is 23.2 Å². The topological polar surface area (TPSA) is 15.7 Å². The first-order valence-corrected chi connectivity index (χ1v) is 8.83. The van der Waals surface area contributed by atoms with Crippen LogP contribution in [0, 0.1) is 0 Å². The van der Waals surface area contributed by atoms with E-state index in [1.54, 1.807) is 0 Å². The Kier molecular flexibility index (Phi) is 7.54. The molecule has 0 spiro atoms. The number of nitrogens with zero attached hydrogens (tertiary/aromatic N) is 2. The molecule has 1 fully saturated rings. The largest absolute Gasteiger partial charge is 0.492 e. The molecule has 0 N–H and O–H groups in total. The van der Waals surface area contributed by atoms with Crippen LogP contribution in [0.15, 0.2) is 28.7 Å². The number of rotatable bonds is 8. The van der Waals surface area contributed by atoms with E-state index >= 15 is 0 Å². The minimum absolute atomic E-state index is 0.817. The van der Waals surface area contributed by atoms with E-state index in [-0.39, 0.29) is 0 Å². The van der Waals surface area contributed by atoms with Crippen molar-refractivity contribution in [2.24, 2.45) is 0 Å². The summed E-state index contributed by atoms with van der Waals surface area (Å²) >= 11 is 3.50. The smallest absolute Gasteiger partial charge is 0.133 e. The Labute approximate surface area is 137 Å². The van der Waals surface area contributed by atoms with Gasteiger partial charge in [-0.25, -0.2) is 0 Å². The zero-order chi connectivity index (χ0) is 14.9. The van der Waals surface area contributed by atoms with Gasteiger partial charge in [0.1, 0.15) is 5.75 Å². The normalized spacial score (nSPS) is 17.0. The van der Waals surface area contributed by atoms with E-state index in [4.69, 9.17) is 4.74 Å². The summed E-state index contributed by atoms with van der Waals surface area (Å²) in [5, 5.41) is 0. The first kappa shape index (κ1) is 16.8. The summed E-state index contributed by atoms with van der Waals surface area (Å²) in [5.74, 6) is 0.954. The maximum atomic E-state index is 5.78. The molecule has 2 rings (SSSR count). The van der Waals surface area contributed by atoms with Crippen molar-refractivity contribution in [1.29, 1.82) is 0 Å². The van der Waals surface area contributed by atoms with Gasteiger partial charge in [0.15, 0.2) is 0 Å². The van der Waals surface area contributed by atoms with E-state index in [2.05, 4.69) is 32.8 Å². The fourth-order valence-corrected chi connectivity index (χ4v) is 3.01. The van der Waals surface area contributed by atoms with Gasteiger partial charge in [0, 0.05) is 26.2 Å². The van der Waals surface area contributed by atoms with Crippen molar-refractivity contribution in [3.8, 4) is 5.75 Å². The highest BCUT2D eigenvalue weighted by atomic mass is 79.9. The van der Waals surface area contributed by atoms with Crippen LogP contribution in [0.4, 0.5) is 0 Å². The van der Waals surface area contributed by atoms with Crippen molar-refractivity contribution in [3.05, 3.63) is 28.7 Å². The van der Waals surface area contributed by atoms with Gasteiger partial charge in [-0.05, 0) is 54.5 Å². The van der Waals surface area contributed by atoms with Gasteiger partial charge in [0.25, 0.3) is 0 Å². The number of hydrogen-bond donors (Lipinski definition) is 0. The molecule has 0 atom stereocenters. The highest BCUT2D eigenvalue weighted by Crippen LogP contribution is 2.23. The molecule has 1 aromatic carbocycles. The summed E-state index contributed by atoms with van der Waals surface area (Å²) in [4.78, 5) is 5.01. The first-order valence-electron chi connectivity index (χ1n) is 8.04. The number of para-hydroxylation sites is 1. The quantitative estimate of drug-likeness (QED) is 0.663. The fraction of sp³-hybridized carbons (Fsp3) is 0.647. The lowest BCUT2D eigenvalue weighted by molar-refractivity contribution is 0.151. The molecule has 0 aromatic heterocycles. The van der Waals surface area contributed by atoms with Crippen molar-refractivity contribution in [2.45, 2.75) is 25.7 Å². The predicted octanol–water partition coefficient (Wildman–Crippen LogP) is 3.64. The molecular weight excluding hydrogens is 328 g/mol. The molecule has 118 valence electrons. The zero-order valence-electron chi connectivity index (χ0n) is 13.1. The Morgan fingerprint density at radius 1 is 1.00 bits per heavy atom. The van der Waals surface area contributed by atoms with Gasteiger partial charge in [0.05, 0.1) is 11.1 Å². The molecule has 1 aliphatic heterocycles. The second-order valence-corrected chi connectivity index (χ2v) is 6.69. The average molecular weight is 355 g/mol. The van der Waals surface area contributed by atoms with Gasteiger partial charge in [0.2, 0.25) is 0 Å². The monoisotopic (exact) mass is 354 g/mol. The van der Waals surface area contributed by atoms with Gasteiger partial charge >= 0.3 is 0 Å². The SMILES string of the molecule is CN1CCN(CCCCCCOc2ccccc2Br)CC1. The van der Waals surface area contributed by atoms with Crippen LogP contribution >= 0.6 is 15.9 Å². The Morgan fingerprint density at radius 2 is 1.71 bits per heavy atom. The molecule has 0 radical (unpaired) electrons. The third kappa shape index (κ3) is 6.37. The lowest BCUT2D eigenvalue weighted by Crippen LogP contribution is -2.44. The van der Waals surface area contributed by atoms with Crippen molar-refractivity contribution in [1.82, 2.24) is 9.80 Å². The summed E-state index contributed by atoms with van der Waals surface area (Å²) in [6.07, 6.45) is 5.03. The fourth-order valence-electron chi connectivity index (χ4n) is 2.61. The highest BCUT2D eigenvalue weighted by molar-refractivity contribution is 9.10. The maximum absolute atomic E-state index is 5.78. The molecule has 3 nitrogen and oxygen atoms in total.